The molecule has 2 N–H and O–H groups in total. The first-order valence-corrected chi connectivity index (χ1v) is 8.27. The van der Waals surface area contributed by atoms with Crippen molar-refractivity contribution in [2.75, 3.05) is 5.32 Å². The molecule has 2 aromatic carbocycles. The fourth-order valence-corrected chi connectivity index (χ4v) is 3.43. The highest BCUT2D eigenvalue weighted by Crippen LogP contribution is 2.29. The van der Waals surface area contributed by atoms with Crippen LogP contribution in [0.2, 0.25) is 0 Å². The molecule has 0 aliphatic heterocycles. The van der Waals surface area contributed by atoms with E-state index in [1.165, 1.54) is 35.1 Å². The molecule has 114 valence electrons. The third kappa shape index (κ3) is 3.30. The van der Waals surface area contributed by atoms with Gasteiger partial charge in [-0.05, 0) is 68.1 Å². The maximum absolute atomic E-state index is 5.52. The second-order valence-electron chi connectivity index (χ2n) is 6.06. The zero-order chi connectivity index (χ0) is 15.5. The van der Waals surface area contributed by atoms with Crippen molar-refractivity contribution >= 4 is 23.0 Å². The fourth-order valence-electron chi connectivity index (χ4n) is 3.17. The van der Waals surface area contributed by atoms with Crippen LogP contribution in [0.15, 0.2) is 42.5 Å². The molecule has 1 aliphatic rings. The Morgan fingerprint density at radius 2 is 1.95 bits per heavy atom. The summed E-state index contributed by atoms with van der Waals surface area (Å²) in [6, 6.07) is 15.3. The molecule has 1 unspecified atom stereocenters. The molecule has 0 radical (unpaired) electrons. The molecule has 1 atom stereocenters. The first kappa shape index (κ1) is 15.0. The van der Waals surface area contributed by atoms with Gasteiger partial charge in [-0.1, -0.05) is 42.0 Å². The molecule has 0 saturated carbocycles. The van der Waals surface area contributed by atoms with Gasteiger partial charge in [-0.15, -0.1) is 0 Å². The normalized spacial score (nSPS) is 16.7. The minimum Gasteiger partial charge on any atom is -0.356 e. The number of rotatable bonds is 2. The molecule has 0 fully saturated rings. The molecule has 2 aromatic rings. The second-order valence-corrected chi connectivity index (χ2v) is 6.47. The molecule has 1 aliphatic carbocycles. The molecule has 2 nitrogen and oxygen atoms in total. The number of thiocarbonyl (C=S) groups is 1. The minimum absolute atomic E-state index is 0.315. The summed E-state index contributed by atoms with van der Waals surface area (Å²) in [4.78, 5) is 0. The van der Waals surface area contributed by atoms with E-state index in [1.807, 2.05) is 0 Å². The zero-order valence-electron chi connectivity index (χ0n) is 13.1. The number of hydrogen-bond donors (Lipinski definition) is 2. The summed E-state index contributed by atoms with van der Waals surface area (Å²) < 4.78 is 0. The molecular weight excluding hydrogens is 288 g/mol. The predicted molar refractivity (Wildman–Crippen MR) is 97.4 cm³/mol. The van der Waals surface area contributed by atoms with Crippen LogP contribution in [0.5, 0.6) is 0 Å². The Balaban J connectivity index is 1.70. The van der Waals surface area contributed by atoms with Gasteiger partial charge in [0, 0.05) is 5.69 Å². The Kier molecular flexibility index (Phi) is 4.44. The highest BCUT2D eigenvalue weighted by atomic mass is 32.1. The molecular formula is C19H22N2S. The van der Waals surface area contributed by atoms with E-state index < -0.39 is 0 Å². The van der Waals surface area contributed by atoms with Crippen molar-refractivity contribution < 1.29 is 0 Å². The number of nitrogens with one attached hydrogen (secondary N) is 2. The Hall–Kier alpha value is -1.87. The predicted octanol–water partition coefficient (Wildman–Crippen LogP) is 4.67. The van der Waals surface area contributed by atoms with Crippen LogP contribution in [0, 0.1) is 13.8 Å². The Labute approximate surface area is 137 Å². The Morgan fingerprint density at radius 3 is 2.77 bits per heavy atom. The summed E-state index contributed by atoms with van der Waals surface area (Å²) in [5.41, 5.74) is 6.39. The standard InChI is InChI=1S/C19H22N2S/c1-13-10-11-17(14(2)12-13)20-19(22)21-18-9-5-7-15-6-3-4-8-16(15)18/h3-4,6,8,10-12,18H,5,7,9H2,1-2H3,(H2,20,21,22). The van der Waals surface area contributed by atoms with Gasteiger partial charge in [0.1, 0.15) is 0 Å². The van der Waals surface area contributed by atoms with Crippen LogP contribution in [0.25, 0.3) is 0 Å². The number of hydrogen-bond acceptors (Lipinski definition) is 1. The largest absolute Gasteiger partial charge is 0.356 e. The average Bonchev–Trinajstić information content (AvgIpc) is 2.50. The monoisotopic (exact) mass is 310 g/mol. The minimum atomic E-state index is 0.315. The van der Waals surface area contributed by atoms with Crippen molar-refractivity contribution in [2.24, 2.45) is 0 Å². The summed E-state index contributed by atoms with van der Waals surface area (Å²) >= 11 is 5.52. The maximum Gasteiger partial charge on any atom is 0.171 e. The lowest BCUT2D eigenvalue weighted by Crippen LogP contribution is -2.34. The zero-order valence-corrected chi connectivity index (χ0v) is 14.0. The van der Waals surface area contributed by atoms with Crippen molar-refractivity contribution in [3.05, 3.63) is 64.7 Å². The van der Waals surface area contributed by atoms with E-state index in [4.69, 9.17) is 12.2 Å². The van der Waals surface area contributed by atoms with E-state index in [9.17, 15) is 0 Å². The van der Waals surface area contributed by atoms with Crippen molar-refractivity contribution in [3.8, 4) is 0 Å². The summed E-state index contributed by atoms with van der Waals surface area (Å²) in [5, 5.41) is 7.52. The van der Waals surface area contributed by atoms with Gasteiger partial charge in [-0.2, -0.15) is 0 Å². The average molecular weight is 310 g/mol. The van der Waals surface area contributed by atoms with Gasteiger partial charge < -0.3 is 10.6 Å². The van der Waals surface area contributed by atoms with Crippen molar-refractivity contribution in [1.82, 2.24) is 5.32 Å². The van der Waals surface area contributed by atoms with Gasteiger partial charge in [0.2, 0.25) is 0 Å². The van der Waals surface area contributed by atoms with Gasteiger partial charge in [0.15, 0.2) is 5.11 Å². The second kappa shape index (κ2) is 6.49. The third-order valence-electron chi connectivity index (χ3n) is 4.30. The smallest absolute Gasteiger partial charge is 0.171 e. The topological polar surface area (TPSA) is 24.1 Å². The van der Waals surface area contributed by atoms with Crippen LogP contribution in [0.4, 0.5) is 5.69 Å². The molecule has 0 spiro atoms. The fraction of sp³-hybridized carbons (Fsp3) is 0.316. The first-order valence-electron chi connectivity index (χ1n) is 7.86. The molecule has 0 heterocycles. The van der Waals surface area contributed by atoms with E-state index >= 15 is 0 Å². The number of anilines is 1. The summed E-state index contributed by atoms with van der Waals surface area (Å²) in [6.07, 6.45) is 3.51. The van der Waals surface area contributed by atoms with Crippen LogP contribution >= 0.6 is 12.2 Å². The Morgan fingerprint density at radius 1 is 1.14 bits per heavy atom. The van der Waals surface area contributed by atoms with Crippen LogP contribution in [-0.4, -0.2) is 5.11 Å². The third-order valence-corrected chi connectivity index (χ3v) is 4.52. The van der Waals surface area contributed by atoms with E-state index in [0.717, 1.165) is 12.1 Å². The van der Waals surface area contributed by atoms with Crippen LogP contribution in [0.1, 0.15) is 41.1 Å². The van der Waals surface area contributed by atoms with E-state index in [-0.39, 0.29) is 0 Å². The lowest BCUT2D eigenvalue weighted by Gasteiger charge is -2.27. The maximum atomic E-state index is 5.52. The van der Waals surface area contributed by atoms with Gasteiger partial charge in [0.25, 0.3) is 0 Å². The molecule has 0 bridgehead atoms. The van der Waals surface area contributed by atoms with Gasteiger partial charge in [0.05, 0.1) is 6.04 Å². The molecule has 0 aromatic heterocycles. The summed E-state index contributed by atoms with van der Waals surface area (Å²) in [5.74, 6) is 0. The van der Waals surface area contributed by atoms with Gasteiger partial charge in [-0.3, -0.25) is 0 Å². The van der Waals surface area contributed by atoms with E-state index in [1.54, 1.807) is 0 Å². The lowest BCUT2D eigenvalue weighted by molar-refractivity contribution is 0.529. The summed E-state index contributed by atoms with van der Waals surface area (Å²) in [7, 11) is 0. The molecule has 0 amide bonds. The van der Waals surface area contributed by atoms with Gasteiger partial charge in [-0.25, -0.2) is 0 Å². The Bertz CT molecular complexity index is 694. The lowest BCUT2D eigenvalue weighted by atomic mass is 9.88. The SMILES string of the molecule is Cc1ccc(NC(=S)NC2CCCc3ccccc32)c(C)c1. The van der Waals surface area contributed by atoms with E-state index in [0.29, 0.717) is 11.2 Å². The van der Waals surface area contributed by atoms with E-state index in [2.05, 4.69) is 66.9 Å². The highest BCUT2D eigenvalue weighted by molar-refractivity contribution is 7.80. The first-order chi connectivity index (χ1) is 10.6. The van der Waals surface area contributed by atoms with Crippen molar-refractivity contribution in [1.29, 1.82) is 0 Å². The van der Waals surface area contributed by atoms with Crippen LogP contribution in [0.3, 0.4) is 0 Å². The number of benzene rings is 2. The molecule has 0 saturated heterocycles. The number of fused-ring (bicyclic) bond motifs is 1. The van der Waals surface area contributed by atoms with Crippen molar-refractivity contribution in [2.45, 2.75) is 39.2 Å². The summed E-state index contributed by atoms with van der Waals surface area (Å²) in [6.45, 7) is 4.21. The molecule has 3 heteroatoms. The highest BCUT2D eigenvalue weighted by Gasteiger charge is 2.20. The van der Waals surface area contributed by atoms with Crippen LogP contribution in [-0.2, 0) is 6.42 Å². The van der Waals surface area contributed by atoms with Crippen LogP contribution < -0.4 is 10.6 Å². The number of aryl methyl sites for hydroxylation is 3. The molecule has 3 rings (SSSR count). The van der Waals surface area contributed by atoms with Crippen molar-refractivity contribution in [3.63, 3.8) is 0 Å². The van der Waals surface area contributed by atoms with Gasteiger partial charge >= 0.3 is 0 Å². The quantitative estimate of drug-likeness (QED) is 0.788. The molecule has 22 heavy (non-hydrogen) atoms.